The largest absolute Gasteiger partial charge is 0.395 e. The highest BCUT2D eigenvalue weighted by atomic mass is 16.3. The van der Waals surface area contributed by atoms with Crippen LogP contribution in [0.2, 0.25) is 0 Å². The van der Waals surface area contributed by atoms with Crippen molar-refractivity contribution in [1.82, 2.24) is 10.2 Å². The van der Waals surface area contributed by atoms with Gasteiger partial charge in [0.15, 0.2) is 0 Å². The Morgan fingerprint density at radius 1 is 1.29 bits per heavy atom. The first-order valence-electron chi connectivity index (χ1n) is 7.24. The molecule has 0 radical (unpaired) electrons. The average Bonchev–Trinajstić information content (AvgIpc) is 2.54. The SMILES string of the molecule is CCNC(CO)CN1CCCC(C(C)C)CC1. The first-order valence-corrected chi connectivity index (χ1v) is 7.24. The molecule has 1 fully saturated rings. The van der Waals surface area contributed by atoms with Crippen LogP contribution in [-0.2, 0) is 0 Å². The Hall–Kier alpha value is -0.120. The molecule has 0 spiro atoms. The first kappa shape index (κ1) is 14.9. The quantitative estimate of drug-likeness (QED) is 0.744. The molecule has 1 aliphatic rings. The summed E-state index contributed by atoms with van der Waals surface area (Å²) in [7, 11) is 0. The van der Waals surface area contributed by atoms with E-state index >= 15 is 0 Å². The molecule has 1 saturated heterocycles. The Morgan fingerprint density at radius 3 is 2.65 bits per heavy atom. The fourth-order valence-electron chi connectivity index (χ4n) is 2.82. The van der Waals surface area contributed by atoms with Gasteiger partial charge in [-0.25, -0.2) is 0 Å². The van der Waals surface area contributed by atoms with Crippen LogP contribution in [0.15, 0.2) is 0 Å². The van der Waals surface area contributed by atoms with Gasteiger partial charge in [-0.05, 0) is 50.7 Å². The van der Waals surface area contributed by atoms with Crippen LogP contribution in [0.5, 0.6) is 0 Å². The molecular formula is C14H30N2O. The Labute approximate surface area is 107 Å². The average molecular weight is 242 g/mol. The van der Waals surface area contributed by atoms with Gasteiger partial charge in [0.25, 0.3) is 0 Å². The highest BCUT2D eigenvalue weighted by Crippen LogP contribution is 2.24. The highest BCUT2D eigenvalue weighted by molar-refractivity contribution is 4.76. The van der Waals surface area contributed by atoms with Gasteiger partial charge in [-0.1, -0.05) is 20.8 Å². The minimum Gasteiger partial charge on any atom is -0.395 e. The summed E-state index contributed by atoms with van der Waals surface area (Å²) in [5, 5.41) is 12.7. The summed E-state index contributed by atoms with van der Waals surface area (Å²) in [5.74, 6) is 1.71. The lowest BCUT2D eigenvalue weighted by Gasteiger charge is -2.26. The summed E-state index contributed by atoms with van der Waals surface area (Å²) >= 11 is 0. The number of likely N-dealkylation sites (N-methyl/N-ethyl adjacent to an activating group) is 1. The molecule has 3 nitrogen and oxygen atoms in total. The van der Waals surface area contributed by atoms with Crippen molar-refractivity contribution in [3.8, 4) is 0 Å². The Bertz CT molecular complexity index is 197. The van der Waals surface area contributed by atoms with Gasteiger partial charge in [-0.2, -0.15) is 0 Å². The molecule has 1 aliphatic heterocycles. The van der Waals surface area contributed by atoms with Gasteiger partial charge in [0.1, 0.15) is 0 Å². The fourth-order valence-corrected chi connectivity index (χ4v) is 2.82. The van der Waals surface area contributed by atoms with E-state index in [4.69, 9.17) is 0 Å². The third-order valence-corrected chi connectivity index (χ3v) is 4.00. The normalized spacial score (nSPS) is 24.9. The van der Waals surface area contributed by atoms with Crippen LogP contribution in [0, 0.1) is 11.8 Å². The molecule has 0 saturated carbocycles. The summed E-state index contributed by atoms with van der Waals surface area (Å²) < 4.78 is 0. The number of nitrogens with one attached hydrogen (secondary N) is 1. The summed E-state index contributed by atoms with van der Waals surface area (Å²) in [6.07, 6.45) is 4.01. The van der Waals surface area contributed by atoms with Gasteiger partial charge in [-0.15, -0.1) is 0 Å². The molecule has 1 heterocycles. The van der Waals surface area contributed by atoms with Crippen molar-refractivity contribution in [3.63, 3.8) is 0 Å². The van der Waals surface area contributed by atoms with Crippen molar-refractivity contribution < 1.29 is 5.11 Å². The third-order valence-electron chi connectivity index (χ3n) is 4.00. The standard InChI is InChI=1S/C14H30N2O/c1-4-15-14(11-17)10-16-8-5-6-13(7-9-16)12(2)3/h12-15,17H,4-11H2,1-3H3. The lowest BCUT2D eigenvalue weighted by molar-refractivity contribution is 0.183. The van der Waals surface area contributed by atoms with Crippen LogP contribution in [0.3, 0.4) is 0 Å². The number of aliphatic hydroxyl groups excluding tert-OH is 1. The smallest absolute Gasteiger partial charge is 0.0597 e. The van der Waals surface area contributed by atoms with E-state index in [0.29, 0.717) is 0 Å². The third kappa shape index (κ3) is 5.36. The Kier molecular flexibility index (Phi) is 7.09. The predicted molar refractivity (Wildman–Crippen MR) is 73.2 cm³/mol. The molecule has 2 N–H and O–H groups in total. The van der Waals surface area contributed by atoms with E-state index in [2.05, 4.69) is 31.0 Å². The summed E-state index contributed by atoms with van der Waals surface area (Å²) in [6, 6.07) is 0.246. The van der Waals surface area contributed by atoms with Gasteiger partial charge >= 0.3 is 0 Å². The van der Waals surface area contributed by atoms with E-state index in [1.165, 1.54) is 32.4 Å². The summed E-state index contributed by atoms with van der Waals surface area (Å²) in [6.45, 7) is 11.4. The monoisotopic (exact) mass is 242 g/mol. The number of rotatable bonds is 6. The van der Waals surface area contributed by atoms with Crippen LogP contribution >= 0.6 is 0 Å². The molecule has 0 bridgehead atoms. The van der Waals surface area contributed by atoms with Crippen LogP contribution < -0.4 is 5.32 Å². The van der Waals surface area contributed by atoms with Crippen molar-refractivity contribution in [2.75, 3.05) is 32.8 Å². The van der Waals surface area contributed by atoms with E-state index in [0.717, 1.165) is 24.9 Å². The molecule has 2 unspecified atom stereocenters. The number of hydrogen-bond acceptors (Lipinski definition) is 3. The fraction of sp³-hybridized carbons (Fsp3) is 1.00. The van der Waals surface area contributed by atoms with Gasteiger partial charge < -0.3 is 15.3 Å². The van der Waals surface area contributed by atoms with E-state index in [1.807, 2.05) is 0 Å². The van der Waals surface area contributed by atoms with Gasteiger partial charge in [0.2, 0.25) is 0 Å². The van der Waals surface area contributed by atoms with E-state index < -0.39 is 0 Å². The van der Waals surface area contributed by atoms with Crippen molar-refractivity contribution in [2.45, 2.75) is 46.1 Å². The highest BCUT2D eigenvalue weighted by Gasteiger charge is 2.20. The molecule has 3 heteroatoms. The van der Waals surface area contributed by atoms with E-state index in [-0.39, 0.29) is 12.6 Å². The summed E-state index contributed by atoms with van der Waals surface area (Å²) in [5.41, 5.74) is 0. The second-order valence-corrected chi connectivity index (χ2v) is 5.67. The van der Waals surface area contributed by atoms with Crippen molar-refractivity contribution >= 4 is 0 Å². The van der Waals surface area contributed by atoms with Gasteiger partial charge in [0.05, 0.1) is 6.61 Å². The minimum absolute atomic E-state index is 0.246. The number of aliphatic hydroxyl groups is 1. The van der Waals surface area contributed by atoms with Crippen LogP contribution in [0.1, 0.15) is 40.0 Å². The molecule has 0 amide bonds. The first-order chi connectivity index (χ1) is 8.17. The van der Waals surface area contributed by atoms with Crippen molar-refractivity contribution in [1.29, 1.82) is 0 Å². The van der Waals surface area contributed by atoms with Crippen molar-refractivity contribution in [2.24, 2.45) is 11.8 Å². The predicted octanol–water partition coefficient (Wildman–Crippen LogP) is 1.71. The second-order valence-electron chi connectivity index (χ2n) is 5.67. The molecule has 17 heavy (non-hydrogen) atoms. The second kappa shape index (κ2) is 8.06. The Morgan fingerprint density at radius 2 is 2.06 bits per heavy atom. The lowest BCUT2D eigenvalue weighted by Crippen LogP contribution is -2.43. The lowest BCUT2D eigenvalue weighted by atomic mass is 9.89. The van der Waals surface area contributed by atoms with E-state index in [1.54, 1.807) is 0 Å². The van der Waals surface area contributed by atoms with Crippen molar-refractivity contribution in [3.05, 3.63) is 0 Å². The molecular weight excluding hydrogens is 212 g/mol. The maximum Gasteiger partial charge on any atom is 0.0597 e. The minimum atomic E-state index is 0.246. The molecule has 0 aromatic rings. The zero-order valence-electron chi connectivity index (χ0n) is 11.8. The van der Waals surface area contributed by atoms with Gasteiger partial charge in [0, 0.05) is 12.6 Å². The van der Waals surface area contributed by atoms with Crippen LogP contribution in [-0.4, -0.2) is 48.8 Å². The van der Waals surface area contributed by atoms with Crippen LogP contribution in [0.4, 0.5) is 0 Å². The maximum absolute atomic E-state index is 9.31. The maximum atomic E-state index is 9.31. The molecule has 1 rings (SSSR count). The van der Waals surface area contributed by atoms with E-state index in [9.17, 15) is 5.11 Å². The molecule has 0 aromatic carbocycles. The Balaban J connectivity index is 2.35. The molecule has 102 valence electrons. The molecule has 0 aliphatic carbocycles. The number of likely N-dealkylation sites (tertiary alicyclic amines) is 1. The number of hydrogen-bond donors (Lipinski definition) is 2. The van der Waals surface area contributed by atoms with Gasteiger partial charge in [-0.3, -0.25) is 0 Å². The molecule has 2 atom stereocenters. The zero-order valence-corrected chi connectivity index (χ0v) is 11.8. The topological polar surface area (TPSA) is 35.5 Å². The zero-order chi connectivity index (χ0) is 12.7. The summed E-state index contributed by atoms with van der Waals surface area (Å²) in [4.78, 5) is 2.52. The van der Waals surface area contributed by atoms with Crippen LogP contribution in [0.25, 0.3) is 0 Å². The molecule has 0 aromatic heterocycles. The number of nitrogens with zero attached hydrogens (tertiary/aromatic N) is 1.